The molecular weight excluding hydrogens is 331 g/mol. The number of benzene rings is 2. The molecule has 0 aliphatic rings. The molecule has 0 saturated heterocycles. The maximum Gasteiger partial charge on any atom is 0.122 e. The third kappa shape index (κ3) is 4.02. The summed E-state index contributed by atoms with van der Waals surface area (Å²) >= 11 is 18.0. The van der Waals surface area contributed by atoms with Gasteiger partial charge in [-0.25, -0.2) is 0 Å². The van der Waals surface area contributed by atoms with Crippen LogP contribution in [0.2, 0.25) is 15.1 Å². The van der Waals surface area contributed by atoms with Crippen LogP contribution in [0.25, 0.3) is 0 Å². The minimum absolute atomic E-state index is 0.132. The SMILES string of the molecule is COc1ccc(Cl)cc1CC(NN)c1ccc(Cl)c(Cl)c1. The van der Waals surface area contributed by atoms with Crippen LogP contribution >= 0.6 is 34.8 Å². The smallest absolute Gasteiger partial charge is 0.122 e. The number of hydrazine groups is 1. The highest BCUT2D eigenvalue weighted by Crippen LogP contribution is 2.30. The summed E-state index contributed by atoms with van der Waals surface area (Å²) in [6, 6.07) is 10.8. The maximum atomic E-state index is 6.06. The molecule has 0 spiro atoms. The van der Waals surface area contributed by atoms with Crippen molar-refractivity contribution in [1.29, 1.82) is 0 Å². The van der Waals surface area contributed by atoms with Crippen LogP contribution in [0.15, 0.2) is 36.4 Å². The number of ether oxygens (including phenoxy) is 1. The van der Waals surface area contributed by atoms with Crippen LogP contribution in [0.3, 0.4) is 0 Å². The maximum absolute atomic E-state index is 6.06. The largest absolute Gasteiger partial charge is 0.496 e. The summed E-state index contributed by atoms with van der Waals surface area (Å²) in [4.78, 5) is 0. The Labute approximate surface area is 138 Å². The molecule has 0 bridgehead atoms. The van der Waals surface area contributed by atoms with Crippen molar-refractivity contribution in [3.63, 3.8) is 0 Å². The Bertz CT molecular complexity index is 634. The molecule has 2 aromatic rings. The number of halogens is 3. The van der Waals surface area contributed by atoms with E-state index in [4.69, 9.17) is 45.4 Å². The highest BCUT2D eigenvalue weighted by atomic mass is 35.5. The molecule has 0 aliphatic heterocycles. The summed E-state index contributed by atoms with van der Waals surface area (Å²) in [5.74, 6) is 6.43. The van der Waals surface area contributed by atoms with Gasteiger partial charge in [-0.15, -0.1) is 0 Å². The van der Waals surface area contributed by atoms with Gasteiger partial charge in [0, 0.05) is 5.02 Å². The Kier molecular flexibility index (Phi) is 5.73. The van der Waals surface area contributed by atoms with Gasteiger partial charge in [-0.3, -0.25) is 11.3 Å². The summed E-state index contributed by atoms with van der Waals surface area (Å²) in [7, 11) is 1.62. The van der Waals surface area contributed by atoms with Crippen molar-refractivity contribution in [2.45, 2.75) is 12.5 Å². The Hall–Kier alpha value is -0.970. The Morgan fingerprint density at radius 2 is 1.86 bits per heavy atom. The first-order valence-corrected chi connectivity index (χ1v) is 7.42. The predicted octanol–water partition coefficient (Wildman–Crippen LogP) is 4.40. The van der Waals surface area contributed by atoms with Gasteiger partial charge < -0.3 is 4.74 Å². The fourth-order valence-electron chi connectivity index (χ4n) is 2.13. The van der Waals surface area contributed by atoms with E-state index in [1.54, 1.807) is 25.3 Å². The second-order valence-electron chi connectivity index (χ2n) is 4.55. The zero-order chi connectivity index (χ0) is 15.4. The molecule has 0 aromatic heterocycles. The summed E-state index contributed by atoms with van der Waals surface area (Å²) < 4.78 is 5.35. The van der Waals surface area contributed by atoms with Gasteiger partial charge in [-0.05, 0) is 47.9 Å². The lowest BCUT2D eigenvalue weighted by Gasteiger charge is -2.19. The van der Waals surface area contributed by atoms with E-state index in [-0.39, 0.29) is 6.04 Å². The second kappa shape index (κ2) is 7.34. The Morgan fingerprint density at radius 3 is 2.48 bits per heavy atom. The number of nitrogens with two attached hydrogens (primary N) is 1. The van der Waals surface area contributed by atoms with Crippen LogP contribution in [0, 0.1) is 0 Å². The first-order chi connectivity index (χ1) is 10.0. The molecule has 3 N–H and O–H groups in total. The lowest BCUT2D eigenvalue weighted by atomic mass is 9.99. The average Bonchev–Trinajstić information content (AvgIpc) is 2.48. The number of hydrogen-bond donors (Lipinski definition) is 2. The standard InChI is InChI=1S/C15H15Cl3N2O/c1-21-15-5-3-11(16)6-10(15)8-14(20-19)9-2-4-12(17)13(18)7-9/h2-7,14,20H,8,19H2,1H3. The van der Waals surface area contributed by atoms with Gasteiger partial charge in [0.1, 0.15) is 5.75 Å². The van der Waals surface area contributed by atoms with Gasteiger partial charge in [0.15, 0.2) is 0 Å². The molecule has 0 fully saturated rings. The molecule has 1 unspecified atom stereocenters. The van der Waals surface area contributed by atoms with E-state index in [2.05, 4.69) is 5.43 Å². The van der Waals surface area contributed by atoms with Crippen molar-refractivity contribution >= 4 is 34.8 Å². The molecule has 2 rings (SSSR count). The molecule has 0 saturated carbocycles. The highest BCUT2D eigenvalue weighted by molar-refractivity contribution is 6.42. The van der Waals surface area contributed by atoms with Gasteiger partial charge in [-0.1, -0.05) is 40.9 Å². The van der Waals surface area contributed by atoms with E-state index >= 15 is 0 Å². The molecule has 1 atom stereocenters. The van der Waals surface area contributed by atoms with E-state index in [1.807, 2.05) is 18.2 Å². The van der Waals surface area contributed by atoms with E-state index in [0.717, 1.165) is 16.9 Å². The predicted molar refractivity (Wildman–Crippen MR) is 88.2 cm³/mol. The summed E-state index contributed by atoms with van der Waals surface area (Å²) in [5.41, 5.74) is 4.68. The number of nitrogens with one attached hydrogen (secondary N) is 1. The Balaban J connectivity index is 2.30. The number of rotatable bonds is 5. The molecule has 112 valence electrons. The molecule has 0 radical (unpaired) electrons. The molecular formula is C15H15Cl3N2O. The minimum Gasteiger partial charge on any atom is -0.496 e. The first kappa shape index (κ1) is 16.4. The van der Waals surface area contributed by atoms with Crippen LogP contribution in [-0.4, -0.2) is 7.11 Å². The molecule has 0 amide bonds. The lowest BCUT2D eigenvalue weighted by Crippen LogP contribution is -2.29. The topological polar surface area (TPSA) is 47.3 Å². The molecule has 0 heterocycles. The van der Waals surface area contributed by atoms with Crippen molar-refractivity contribution < 1.29 is 4.74 Å². The van der Waals surface area contributed by atoms with Gasteiger partial charge in [0.2, 0.25) is 0 Å². The summed E-state index contributed by atoms with van der Waals surface area (Å²) in [6.45, 7) is 0. The zero-order valence-electron chi connectivity index (χ0n) is 11.4. The van der Waals surface area contributed by atoms with E-state index in [1.165, 1.54) is 0 Å². The zero-order valence-corrected chi connectivity index (χ0v) is 13.6. The highest BCUT2D eigenvalue weighted by Gasteiger charge is 2.15. The van der Waals surface area contributed by atoms with Crippen LogP contribution in [0.5, 0.6) is 5.75 Å². The third-order valence-electron chi connectivity index (χ3n) is 3.21. The van der Waals surface area contributed by atoms with Gasteiger partial charge in [0.05, 0.1) is 23.2 Å². The lowest BCUT2D eigenvalue weighted by molar-refractivity contribution is 0.405. The minimum atomic E-state index is -0.132. The number of methoxy groups -OCH3 is 1. The van der Waals surface area contributed by atoms with Crippen LogP contribution in [0.4, 0.5) is 0 Å². The molecule has 2 aromatic carbocycles. The molecule has 3 nitrogen and oxygen atoms in total. The van der Waals surface area contributed by atoms with Crippen molar-refractivity contribution in [2.75, 3.05) is 7.11 Å². The fourth-order valence-corrected chi connectivity index (χ4v) is 2.63. The van der Waals surface area contributed by atoms with Gasteiger partial charge in [0.25, 0.3) is 0 Å². The van der Waals surface area contributed by atoms with Gasteiger partial charge in [-0.2, -0.15) is 0 Å². The summed E-state index contributed by atoms with van der Waals surface area (Å²) in [5, 5.41) is 1.65. The number of hydrogen-bond acceptors (Lipinski definition) is 3. The van der Waals surface area contributed by atoms with Crippen molar-refractivity contribution in [3.05, 3.63) is 62.6 Å². The summed E-state index contributed by atoms with van der Waals surface area (Å²) in [6.07, 6.45) is 0.609. The first-order valence-electron chi connectivity index (χ1n) is 6.28. The molecule has 21 heavy (non-hydrogen) atoms. The second-order valence-corrected chi connectivity index (χ2v) is 5.80. The van der Waals surface area contributed by atoms with Crippen LogP contribution < -0.4 is 16.0 Å². The fraction of sp³-hybridized carbons (Fsp3) is 0.200. The molecule has 0 aliphatic carbocycles. The van der Waals surface area contributed by atoms with Crippen molar-refractivity contribution in [1.82, 2.24) is 5.43 Å². The van der Waals surface area contributed by atoms with Crippen LogP contribution in [-0.2, 0) is 6.42 Å². The third-order valence-corrected chi connectivity index (χ3v) is 4.19. The Morgan fingerprint density at radius 1 is 1.10 bits per heavy atom. The monoisotopic (exact) mass is 344 g/mol. The van der Waals surface area contributed by atoms with Crippen LogP contribution in [0.1, 0.15) is 17.2 Å². The van der Waals surface area contributed by atoms with Crippen molar-refractivity contribution in [3.8, 4) is 5.75 Å². The van der Waals surface area contributed by atoms with Gasteiger partial charge >= 0.3 is 0 Å². The van der Waals surface area contributed by atoms with Crippen molar-refractivity contribution in [2.24, 2.45) is 5.84 Å². The van der Waals surface area contributed by atoms with E-state index in [0.29, 0.717) is 21.5 Å². The quantitative estimate of drug-likeness (QED) is 0.623. The van der Waals surface area contributed by atoms with E-state index in [9.17, 15) is 0 Å². The van der Waals surface area contributed by atoms with E-state index < -0.39 is 0 Å². The average molecular weight is 346 g/mol. The molecule has 6 heteroatoms. The normalized spacial score (nSPS) is 12.2.